The smallest absolute Gasteiger partial charge is 0.201 e. The molecule has 0 unspecified atom stereocenters. The van der Waals surface area contributed by atoms with Gasteiger partial charge in [0.05, 0.1) is 0 Å². The molecule has 0 saturated heterocycles. The summed E-state index contributed by atoms with van der Waals surface area (Å²) in [6, 6.07) is 3.46. The van der Waals surface area contributed by atoms with E-state index in [1.165, 1.54) is 270 Å². The predicted molar refractivity (Wildman–Crippen MR) is 354 cm³/mol. The van der Waals surface area contributed by atoms with E-state index < -0.39 is 23.3 Å². The molecule has 6 saturated carbocycles. The summed E-state index contributed by atoms with van der Waals surface area (Å²) >= 11 is 0. The van der Waals surface area contributed by atoms with Gasteiger partial charge >= 0.3 is 0 Å². The highest BCUT2D eigenvalue weighted by Crippen LogP contribution is 2.47. The average Bonchev–Trinajstić information content (AvgIpc) is 3.67. The SMILES string of the molecule is CCCCCCCC1CCC(C2CCC(CCc3c(CC4CCC(CCCCCC)CC4)cc(Oc4cc(CC5CCC(CCCCCC)CC5)c(CCC5CCC(C6CCC(CCCCCCC)CC6)CC5)c(F)c4F)c(F)c3F)CC2)CC1. The van der Waals surface area contributed by atoms with Crippen molar-refractivity contribution in [2.75, 3.05) is 0 Å². The molecule has 0 aliphatic heterocycles. The molecule has 1 nitrogen and oxygen atoms in total. The van der Waals surface area contributed by atoms with E-state index >= 15 is 17.6 Å². The molecule has 0 heterocycles. The molecule has 5 heteroatoms. The van der Waals surface area contributed by atoms with Crippen LogP contribution < -0.4 is 4.74 Å². The van der Waals surface area contributed by atoms with Crippen molar-refractivity contribution in [3.63, 3.8) is 0 Å². The molecule has 0 amide bonds. The van der Waals surface area contributed by atoms with Gasteiger partial charge < -0.3 is 4.74 Å². The maximum Gasteiger partial charge on any atom is 0.201 e. The van der Waals surface area contributed by atoms with E-state index in [1.807, 2.05) is 0 Å². The molecular formula is C80H130F4O. The lowest BCUT2D eigenvalue weighted by molar-refractivity contribution is 0.140. The summed E-state index contributed by atoms with van der Waals surface area (Å²) in [5, 5.41) is 0. The van der Waals surface area contributed by atoms with E-state index in [-0.39, 0.29) is 11.5 Å². The fourth-order valence-electron chi connectivity index (χ4n) is 18.9. The first kappa shape index (κ1) is 68.9. The topological polar surface area (TPSA) is 9.23 Å². The molecule has 2 aromatic rings. The van der Waals surface area contributed by atoms with E-state index in [4.69, 9.17) is 4.74 Å². The molecule has 85 heavy (non-hydrogen) atoms. The molecule has 2 aromatic carbocycles. The Bertz CT molecular complexity index is 1970. The number of rotatable bonds is 36. The van der Waals surface area contributed by atoms with E-state index in [0.717, 1.165) is 97.0 Å². The zero-order valence-corrected chi connectivity index (χ0v) is 55.8. The third-order valence-corrected chi connectivity index (χ3v) is 24.8. The van der Waals surface area contributed by atoms with Crippen LogP contribution in [-0.2, 0) is 25.7 Å². The van der Waals surface area contributed by atoms with Gasteiger partial charge in [-0.15, -0.1) is 0 Å². The Morgan fingerprint density at radius 3 is 0.800 bits per heavy atom. The highest BCUT2D eigenvalue weighted by Gasteiger charge is 2.35. The molecular weight excluding hydrogens is 1050 g/mol. The van der Waals surface area contributed by atoms with Crippen LogP contribution in [-0.4, -0.2) is 0 Å². The maximum absolute atomic E-state index is 17.1. The van der Waals surface area contributed by atoms with Crippen molar-refractivity contribution in [1.82, 2.24) is 0 Å². The minimum atomic E-state index is -1.04. The molecule has 0 radical (unpaired) electrons. The first-order valence-electron chi connectivity index (χ1n) is 38.3. The van der Waals surface area contributed by atoms with Gasteiger partial charge in [0.25, 0.3) is 0 Å². The van der Waals surface area contributed by atoms with Gasteiger partial charge in [0.1, 0.15) is 0 Å². The minimum Gasteiger partial charge on any atom is -0.451 e. The number of hydrogen-bond donors (Lipinski definition) is 0. The molecule has 0 aromatic heterocycles. The Kier molecular flexibility index (Phi) is 30.8. The number of benzene rings is 2. The van der Waals surface area contributed by atoms with Crippen LogP contribution in [0.25, 0.3) is 0 Å². The molecule has 6 aliphatic carbocycles. The van der Waals surface area contributed by atoms with Gasteiger partial charge in [0, 0.05) is 0 Å². The van der Waals surface area contributed by atoms with Crippen LogP contribution >= 0.6 is 0 Å². The molecule has 0 N–H and O–H groups in total. The molecule has 0 atom stereocenters. The predicted octanol–water partition coefficient (Wildman–Crippen LogP) is 26.5. The molecule has 6 aliphatic rings. The summed E-state index contributed by atoms with van der Waals surface area (Å²) in [7, 11) is 0. The highest BCUT2D eigenvalue weighted by molar-refractivity contribution is 5.45. The summed E-state index contributed by atoms with van der Waals surface area (Å²) in [6.07, 6.45) is 64.2. The van der Waals surface area contributed by atoms with Crippen LogP contribution in [0.15, 0.2) is 12.1 Å². The van der Waals surface area contributed by atoms with Gasteiger partial charge in [-0.05, 0) is 221 Å². The van der Waals surface area contributed by atoms with Crippen LogP contribution in [0.1, 0.15) is 358 Å². The minimum absolute atomic E-state index is 0.277. The summed E-state index contributed by atoms with van der Waals surface area (Å²) < 4.78 is 74.4. The maximum atomic E-state index is 17.1. The first-order chi connectivity index (χ1) is 41.6. The summed E-state index contributed by atoms with van der Waals surface area (Å²) in [6.45, 7) is 9.16. The lowest BCUT2D eigenvalue weighted by atomic mass is 9.68. The van der Waals surface area contributed by atoms with Crippen molar-refractivity contribution >= 4 is 0 Å². The van der Waals surface area contributed by atoms with Gasteiger partial charge in [-0.1, -0.05) is 246 Å². The van der Waals surface area contributed by atoms with Gasteiger partial charge in [-0.25, -0.2) is 8.78 Å². The van der Waals surface area contributed by atoms with E-state index in [9.17, 15) is 0 Å². The quantitative estimate of drug-likeness (QED) is 0.0488. The Balaban J connectivity index is 0.932. The third-order valence-electron chi connectivity index (χ3n) is 24.8. The van der Waals surface area contributed by atoms with Crippen molar-refractivity contribution in [1.29, 1.82) is 0 Å². The second-order valence-electron chi connectivity index (χ2n) is 30.9. The van der Waals surface area contributed by atoms with Crippen LogP contribution in [0.2, 0.25) is 0 Å². The standard InChI is InChI=1S/C80H130F4O/c1-5-9-13-17-21-25-61-35-45-67(46-36-61)69-49-39-63(40-50-69)43-53-73-71(55-65-31-27-59(28-32-65)23-19-15-11-7-3)57-75(79(83)77(73)81)85-76-58-72(56-66-33-29-60(30-34-66)24-20-16-12-8-4)74(78(82)80(76)84)54-44-64-41-51-70(52-42-64)68-47-37-62(38-48-68)26-22-18-14-10-6-2/h57-70H,5-56H2,1-4H3. The van der Waals surface area contributed by atoms with Crippen molar-refractivity contribution in [2.45, 2.75) is 362 Å². The lowest BCUT2D eigenvalue weighted by Gasteiger charge is -2.38. The van der Waals surface area contributed by atoms with Crippen LogP contribution in [0.5, 0.6) is 11.5 Å². The zero-order chi connectivity index (χ0) is 59.6. The fourth-order valence-corrected chi connectivity index (χ4v) is 18.9. The van der Waals surface area contributed by atoms with Gasteiger partial charge in [0.2, 0.25) is 11.6 Å². The van der Waals surface area contributed by atoms with Crippen molar-refractivity contribution in [3.05, 3.63) is 57.7 Å². The Hall–Kier alpha value is -2.04. The number of hydrogen-bond acceptors (Lipinski definition) is 1. The monoisotopic (exact) mass is 1180 g/mol. The lowest BCUT2D eigenvalue weighted by Crippen LogP contribution is -2.26. The van der Waals surface area contributed by atoms with E-state index in [1.54, 1.807) is 12.1 Å². The second-order valence-corrected chi connectivity index (χ2v) is 30.9. The van der Waals surface area contributed by atoms with Crippen molar-refractivity contribution < 1.29 is 22.3 Å². The molecule has 0 bridgehead atoms. The molecule has 0 spiro atoms. The van der Waals surface area contributed by atoms with Gasteiger partial charge in [-0.2, -0.15) is 8.78 Å². The Morgan fingerprint density at radius 1 is 0.282 bits per heavy atom. The van der Waals surface area contributed by atoms with Crippen molar-refractivity contribution in [3.8, 4) is 11.5 Å². The molecule has 484 valence electrons. The first-order valence-corrected chi connectivity index (χ1v) is 38.3. The molecule has 6 fully saturated rings. The van der Waals surface area contributed by atoms with E-state index in [2.05, 4.69) is 27.7 Å². The number of unbranched alkanes of at least 4 members (excludes halogenated alkanes) is 14. The van der Waals surface area contributed by atoms with Crippen molar-refractivity contribution in [2.24, 2.45) is 71.0 Å². The summed E-state index contributed by atoms with van der Waals surface area (Å²) in [4.78, 5) is 0. The Labute approximate surface area is 521 Å². The third kappa shape index (κ3) is 22.1. The summed E-state index contributed by atoms with van der Waals surface area (Å²) in [5.74, 6) is 4.32. The van der Waals surface area contributed by atoms with Gasteiger partial charge in [0.15, 0.2) is 23.1 Å². The normalized spacial score (nSPS) is 28.7. The van der Waals surface area contributed by atoms with Crippen LogP contribution in [0.4, 0.5) is 17.6 Å². The fraction of sp³-hybridized carbons (Fsp3) is 0.850. The molecule has 8 rings (SSSR count). The van der Waals surface area contributed by atoms with E-state index in [0.29, 0.717) is 60.5 Å². The van der Waals surface area contributed by atoms with Crippen LogP contribution in [0.3, 0.4) is 0 Å². The summed E-state index contributed by atoms with van der Waals surface area (Å²) in [5.41, 5.74) is 2.68. The second kappa shape index (κ2) is 38.0. The Morgan fingerprint density at radius 2 is 0.518 bits per heavy atom. The largest absolute Gasteiger partial charge is 0.451 e. The highest BCUT2D eigenvalue weighted by atomic mass is 19.2. The average molecular weight is 1180 g/mol. The van der Waals surface area contributed by atoms with Crippen LogP contribution in [0, 0.1) is 94.3 Å². The zero-order valence-electron chi connectivity index (χ0n) is 55.8. The number of halogens is 4. The van der Waals surface area contributed by atoms with Gasteiger partial charge in [-0.3, -0.25) is 0 Å². The number of ether oxygens (including phenoxy) is 1.